The molecule has 44 heavy (non-hydrogen) atoms. The average molecular weight is 607 g/mol. The number of imidazole rings is 1. The third kappa shape index (κ3) is 6.44. The highest BCUT2D eigenvalue weighted by Gasteiger charge is 2.23. The Bertz CT molecular complexity index is 1750. The maximum absolute atomic E-state index is 13.5. The smallest absolute Gasteiger partial charge is 0.332 e. The van der Waals surface area contributed by atoms with E-state index in [1.807, 2.05) is 11.8 Å². The van der Waals surface area contributed by atoms with Gasteiger partial charge in [0.2, 0.25) is 11.9 Å². The predicted molar refractivity (Wildman–Crippen MR) is 161 cm³/mol. The van der Waals surface area contributed by atoms with Gasteiger partial charge in [0.05, 0.1) is 18.7 Å². The molecule has 4 aromatic rings. The molecule has 13 nitrogen and oxygen atoms in total. The van der Waals surface area contributed by atoms with Crippen LogP contribution in [0.25, 0.3) is 22.6 Å². The van der Waals surface area contributed by atoms with Gasteiger partial charge in [-0.15, -0.1) is 0 Å². The van der Waals surface area contributed by atoms with Gasteiger partial charge in [-0.3, -0.25) is 28.4 Å². The van der Waals surface area contributed by atoms with Crippen LogP contribution in [0.15, 0.2) is 46.2 Å². The molecule has 5 rings (SSSR count). The van der Waals surface area contributed by atoms with Crippen molar-refractivity contribution in [3.63, 3.8) is 0 Å². The Balaban J connectivity index is 1.45. The highest BCUT2D eigenvalue weighted by molar-refractivity contribution is 6.05. The molecule has 4 aromatic heterocycles. The summed E-state index contributed by atoms with van der Waals surface area (Å²) >= 11 is 0. The number of nitrogens with one attached hydrogen (secondary N) is 1. The molecule has 0 aliphatic carbocycles. The molecule has 1 saturated heterocycles. The van der Waals surface area contributed by atoms with Gasteiger partial charge in [0.1, 0.15) is 17.2 Å². The number of carbonyl (C=O) groups excluding carboxylic acids is 2. The monoisotopic (exact) mass is 606 g/mol. The standard InChI is InChI=1S/C30H35FN8O5/c1-3-12-39-29(42)25-27(38(30(39)43)16-17-44-2)35-26(34-25)20-9-11-23(33-18-20)37(28(41)21-8-10-22(31)32-19-21)15-6-14-36-13-5-4-7-24(36)40/h8-11,18-19H,3-7,12-17H2,1-2H3,(H,34,35). The van der Waals surface area contributed by atoms with Crippen LogP contribution >= 0.6 is 0 Å². The zero-order chi connectivity index (χ0) is 31.2. The van der Waals surface area contributed by atoms with Crippen LogP contribution in [-0.2, 0) is 22.6 Å². The van der Waals surface area contributed by atoms with Gasteiger partial charge in [-0.25, -0.2) is 19.7 Å². The number of hydrogen-bond donors (Lipinski definition) is 1. The topological polar surface area (TPSA) is 148 Å². The van der Waals surface area contributed by atoms with Crippen molar-refractivity contribution in [2.45, 2.75) is 52.1 Å². The molecule has 1 aliphatic rings. The summed E-state index contributed by atoms with van der Waals surface area (Å²) < 4.78 is 21.2. The number of likely N-dealkylation sites (tertiary alicyclic amines) is 1. The summed E-state index contributed by atoms with van der Waals surface area (Å²) in [6.07, 6.45) is 6.19. The lowest BCUT2D eigenvalue weighted by Crippen LogP contribution is -2.40. The Hall–Kier alpha value is -4.72. The highest BCUT2D eigenvalue weighted by atomic mass is 19.1. The summed E-state index contributed by atoms with van der Waals surface area (Å²) in [7, 11) is 1.53. The molecule has 1 N–H and O–H groups in total. The van der Waals surface area contributed by atoms with Gasteiger partial charge in [0.15, 0.2) is 5.65 Å². The number of rotatable bonds is 12. The van der Waals surface area contributed by atoms with E-state index < -0.39 is 23.1 Å². The number of amides is 2. The van der Waals surface area contributed by atoms with Gasteiger partial charge < -0.3 is 14.6 Å². The maximum atomic E-state index is 13.5. The predicted octanol–water partition coefficient (Wildman–Crippen LogP) is 2.59. The molecule has 5 heterocycles. The highest BCUT2D eigenvalue weighted by Crippen LogP contribution is 2.22. The number of methoxy groups -OCH3 is 1. The van der Waals surface area contributed by atoms with E-state index in [1.54, 1.807) is 12.1 Å². The lowest BCUT2D eigenvalue weighted by molar-refractivity contribution is -0.133. The minimum Gasteiger partial charge on any atom is -0.383 e. The maximum Gasteiger partial charge on any atom is 0.332 e. The minimum atomic E-state index is -0.695. The molecule has 0 unspecified atom stereocenters. The Morgan fingerprint density at radius 1 is 1.05 bits per heavy atom. The van der Waals surface area contributed by atoms with Gasteiger partial charge in [0, 0.05) is 57.7 Å². The Labute approximate surface area is 252 Å². The number of anilines is 1. The van der Waals surface area contributed by atoms with Crippen LogP contribution in [0.4, 0.5) is 10.2 Å². The van der Waals surface area contributed by atoms with Crippen molar-refractivity contribution in [2.75, 3.05) is 38.3 Å². The number of hydrogen-bond acceptors (Lipinski definition) is 8. The van der Waals surface area contributed by atoms with Crippen LogP contribution in [0.5, 0.6) is 0 Å². The van der Waals surface area contributed by atoms with Gasteiger partial charge in [-0.05, 0) is 49.9 Å². The van der Waals surface area contributed by atoms with E-state index in [0.29, 0.717) is 49.6 Å². The third-order valence-electron chi connectivity index (χ3n) is 7.58. The molecule has 0 aromatic carbocycles. The quantitative estimate of drug-likeness (QED) is 0.242. The first-order valence-electron chi connectivity index (χ1n) is 14.7. The molecule has 2 amide bonds. The van der Waals surface area contributed by atoms with Crippen LogP contribution in [0.3, 0.4) is 0 Å². The second-order valence-electron chi connectivity index (χ2n) is 10.6. The molecular weight excluding hydrogens is 571 g/mol. The third-order valence-corrected chi connectivity index (χ3v) is 7.58. The summed E-state index contributed by atoms with van der Waals surface area (Å²) in [6, 6.07) is 5.84. The first kappa shape index (κ1) is 30.7. The van der Waals surface area contributed by atoms with Gasteiger partial charge >= 0.3 is 5.69 Å². The first-order valence-corrected chi connectivity index (χ1v) is 14.7. The molecular formula is C30H35FN8O5. The summed E-state index contributed by atoms with van der Waals surface area (Å²) in [5.41, 5.74) is 0.231. The largest absolute Gasteiger partial charge is 0.383 e. The number of ether oxygens (including phenoxy) is 1. The molecule has 0 spiro atoms. The summed E-state index contributed by atoms with van der Waals surface area (Å²) in [4.78, 5) is 71.0. The fourth-order valence-electron chi connectivity index (χ4n) is 5.29. The van der Waals surface area contributed by atoms with Crippen molar-refractivity contribution in [2.24, 2.45) is 0 Å². The molecule has 0 saturated carbocycles. The van der Waals surface area contributed by atoms with E-state index in [9.17, 15) is 23.6 Å². The van der Waals surface area contributed by atoms with Crippen LogP contribution < -0.4 is 16.1 Å². The number of fused-ring (bicyclic) bond motifs is 1. The molecule has 1 aliphatic heterocycles. The Morgan fingerprint density at radius 3 is 2.57 bits per heavy atom. The molecule has 232 valence electrons. The van der Waals surface area contributed by atoms with Crippen LogP contribution in [0.1, 0.15) is 49.4 Å². The zero-order valence-electron chi connectivity index (χ0n) is 24.8. The lowest BCUT2D eigenvalue weighted by Gasteiger charge is -2.28. The van der Waals surface area contributed by atoms with Crippen LogP contribution in [-0.4, -0.2) is 79.1 Å². The number of carbonyl (C=O) groups is 2. The van der Waals surface area contributed by atoms with E-state index in [1.165, 1.54) is 39.6 Å². The fourth-order valence-corrected chi connectivity index (χ4v) is 5.29. The van der Waals surface area contributed by atoms with Crippen molar-refractivity contribution in [1.82, 2.24) is 34.0 Å². The Kier molecular flexibility index (Phi) is 9.58. The number of piperidine rings is 1. The molecule has 0 atom stereocenters. The normalized spacial score (nSPS) is 13.5. The zero-order valence-corrected chi connectivity index (χ0v) is 24.8. The number of aromatic nitrogens is 6. The Morgan fingerprint density at radius 2 is 1.89 bits per heavy atom. The van der Waals surface area contributed by atoms with Crippen molar-refractivity contribution in [3.8, 4) is 11.4 Å². The summed E-state index contributed by atoms with van der Waals surface area (Å²) in [6.45, 7) is 4.09. The number of pyridine rings is 2. The van der Waals surface area contributed by atoms with Crippen molar-refractivity contribution < 1.29 is 18.7 Å². The second-order valence-corrected chi connectivity index (χ2v) is 10.6. The van der Waals surface area contributed by atoms with E-state index in [-0.39, 0.29) is 48.9 Å². The lowest BCUT2D eigenvalue weighted by atomic mass is 10.1. The second kappa shape index (κ2) is 13.7. The van der Waals surface area contributed by atoms with Crippen molar-refractivity contribution >= 4 is 28.8 Å². The van der Waals surface area contributed by atoms with Gasteiger partial charge in [-0.1, -0.05) is 6.92 Å². The van der Waals surface area contributed by atoms with Crippen LogP contribution in [0, 0.1) is 5.95 Å². The van der Waals surface area contributed by atoms with Crippen molar-refractivity contribution in [1.29, 1.82) is 0 Å². The fraction of sp³-hybridized carbons (Fsp3) is 0.433. The van der Waals surface area contributed by atoms with Gasteiger partial charge in [-0.2, -0.15) is 4.39 Å². The number of aromatic amines is 1. The van der Waals surface area contributed by atoms with E-state index in [2.05, 4.69) is 19.9 Å². The van der Waals surface area contributed by atoms with E-state index >= 15 is 0 Å². The van der Waals surface area contributed by atoms with Crippen LogP contribution in [0.2, 0.25) is 0 Å². The first-order chi connectivity index (χ1) is 21.3. The number of nitrogens with zero attached hydrogens (tertiary/aromatic N) is 7. The average Bonchev–Trinajstić information content (AvgIpc) is 3.48. The van der Waals surface area contributed by atoms with Crippen molar-refractivity contribution in [3.05, 3.63) is 69.0 Å². The molecule has 0 bridgehead atoms. The number of halogens is 1. The molecule has 0 radical (unpaired) electrons. The van der Waals surface area contributed by atoms with E-state index in [4.69, 9.17) is 4.74 Å². The van der Waals surface area contributed by atoms with E-state index in [0.717, 1.165) is 18.9 Å². The minimum absolute atomic E-state index is 0.110. The summed E-state index contributed by atoms with van der Waals surface area (Å²) in [5.74, 6) is -0.324. The molecule has 14 heteroatoms. The number of H-pyrrole nitrogens is 1. The molecule has 1 fully saturated rings. The van der Waals surface area contributed by atoms with Gasteiger partial charge in [0.25, 0.3) is 11.5 Å². The summed E-state index contributed by atoms with van der Waals surface area (Å²) in [5, 5.41) is 0. The SMILES string of the molecule is CCCn1c(=O)c2[nH]c(-c3ccc(N(CCCN4CCCCC4=O)C(=O)c4ccc(F)nc4)nc3)nc2n(CCOC)c1=O.